The van der Waals surface area contributed by atoms with Crippen LogP contribution in [-0.2, 0) is 12.0 Å². The fourth-order valence-corrected chi connectivity index (χ4v) is 2.61. The number of hydrogen-bond donors (Lipinski definition) is 1. The van der Waals surface area contributed by atoms with Gasteiger partial charge in [-0.15, -0.1) is 0 Å². The van der Waals surface area contributed by atoms with Gasteiger partial charge in [0.2, 0.25) is 0 Å². The van der Waals surface area contributed by atoms with Crippen molar-refractivity contribution < 1.29 is 0 Å². The van der Waals surface area contributed by atoms with E-state index in [1.807, 2.05) is 0 Å². The Labute approximate surface area is 141 Å². The topological polar surface area (TPSA) is 15.3 Å². The van der Waals surface area contributed by atoms with Gasteiger partial charge in [0.1, 0.15) is 0 Å². The second-order valence-corrected chi connectivity index (χ2v) is 7.23. The minimum Gasteiger partial charge on any atom is -0.375 e. The summed E-state index contributed by atoms with van der Waals surface area (Å²) in [4.78, 5) is 2.31. The number of nitrogens with zero attached hydrogens (tertiary/aromatic N) is 1. The molecule has 0 aromatic heterocycles. The molecule has 0 aliphatic heterocycles. The molecule has 1 N–H and O–H groups in total. The van der Waals surface area contributed by atoms with Crippen molar-refractivity contribution in [3.05, 3.63) is 65.7 Å². The van der Waals surface area contributed by atoms with Gasteiger partial charge in [0.05, 0.1) is 0 Å². The number of benzene rings is 2. The Hall–Kier alpha value is -1.80. The number of nitrogens with one attached hydrogen (secondary N) is 1. The molecule has 0 spiro atoms. The smallest absolute Gasteiger partial charge is 0.0363 e. The summed E-state index contributed by atoms with van der Waals surface area (Å²) in [6.07, 6.45) is 1.14. The van der Waals surface area contributed by atoms with Crippen LogP contribution in [0.3, 0.4) is 0 Å². The van der Waals surface area contributed by atoms with E-state index in [2.05, 4.69) is 92.6 Å². The molecular weight excluding hydrogens is 280 g/mol. The van der Waals surface area contributed by atoms with E-state index in [0.29, 0.717) is 0 Å². The molecule has 124 valence electrons. The van der Waals surface area contributed by atoms with E-state index in [1.165, 1.54) is 16.8 Å². The van der Waals surface area contributed by atoms with Gasteiger partial charge in [0.25, 0.3) is 0 Å². The molecule has 2 aromatic carbocycles. The third kappa shape index (κ3) is 5.72. The maximum Gasteiger partial charge on any atom is 0.0363 e. The normalized spacial score (nSPS) is 11.5. The fraction of sp³-hybridized carbons (Fsp3) is 0.429. The fourth-order valence-electron chi connectivity index (χ4n) is 2.61. The first kappa shape index (κ1) is 17.6. The Kier molecular flexibility index (Phi) is 6.23. The van der Waals surface area contributed by atoms with Gasteiger partial charge in [-0.05, 0) is 41.6 Å². The highest BCUT2D eigenvalue weighted by molar-refractivity contribution is 5.44. The van der Waals surface area contributed by atoms with Gasteiger partial charge in [-0.2, -0.15) is 0 Å². The van der Waals surface area contributed by atoms with Crippen LogP contribution in [0.1, 0.15) is 38.3 Å². The summed E-state index contributed by atoms with van der Waals surface area (Å²) in [7, 11) is 2.15. The second-order valence-electron chi connectivity index (χ2n) is 7.23. The van der Waals surface area contributed by atoms with E-state index in [0.717, 1.165) is 26.1 Å². The molecule has 0 saturated carbocycles. The van der Waals surface area contributed by atoms with Gasteiger partial charge >= 0.3 is 0 Å². The van der Waals surface area contributed by atoms with Crippen LogP contribution in [0.25, 0.3) is 0 Å². The first-order valence-corrected chi connectivity index (χ1v) is 8.53. The van der Waals surface area contributed by atoms with Gasteiger partial charge in [-0.3, -0.25) is 0 Å². The summed E-state index contributed by atoms with van der Waals surface area (Å²) in [5.41, 5.74) is 4.26. The molecule has 0 aliphatic rings. The van der Waals surface area contributed by atoms with Crippen LogP contribution in [0.4, 0.5) is 5.69 Å². The standard InChI is InChI=1S/C21H30N2/c1-21(2,3)19-13-11-18(12-14-19)17-22-15-8-16-23(4)20-9-6-5-7-10-20/h5-7,9-14,22H,8,15-17H2,1-4H3. The summed E-state index contributed by atoms with van der Waals surface area (Å²) in [5.74, 6) is 0. The van der Waals surface area contributed by atoms with Crippen LogP contribution < -0.4 is 10.2 Å². The Morgan fingerprint density at radius 1 is 0.913 bits per heavy atom. The Bertz CT molecular complexity index is 567. The summed E-state index contributed by atoms with van der Waals surface area (Å²) in [5, 5.41) is 3.54. The third-order valence-electron chi connectivity index (χ3n) is 4.19. The van der Waals surface area contributed by atoms with Crippen molar-refractivity contribution in [3.63, 3.8) is 0 Å². The first-order chi connectivity index (χ1) is 11.0. The zero-order chi connectivity index (χ0) is 16.7. The molecule has 0 saturated heterocycles. The summed E-state index contributed by atoms with van der Waals surface area (Å²) in [6.45, 7) is 9.81. The largest absolute Gasteiger partial charge is 0.375 e. The summed E-state index contributed by atoms with van der Waals surface area (Å²) >= 11 is 0. The van der Waals surface area contributed by atoms with Gasteiger partial charge in [-0.25, -0.2) is 0 Å². The lowest BCUT2D eigenvalue weighted by atomic mass is 9.87. The van der Waals surface area contributed by atoms with Gasteiger partial charge in [0.15, 0.2) is 0 Å². The molecule has 0 unspecified atom stereocenters. The van der Waals surface area contributed by atoms with E-state index < -0.39 is 0 Å². The van der Waals surface area contributed by atoms with Crippen molar-refractivity contribution in [2.24, 2.45) is 0 Å². The molecule has 0 radical (unpaired) electrons. The van der Waals surface area contributed by atoms with Crippen molar-refractivity contribution in [3.8, 4) is 0 Å². The number of anilines is 1. The van der Waals surface area contributed by atoms with Gasteiger partial charge in [-0.1, -0.05) is 63.2 Å². The van der Waals surface area contributed by atoms with Crippen molar-refractivity contribution in [2.45, 2.75) is 39.2 Å². The molecule has 0 fully saturated rings. The molecule has 2 nitrogen and oxygen atoms in total. The molecular formula is C21H30N2. The molecule has 2 aromatic rings. The Balaban J connectivity index is 1.68. The van der Waals surface area contributed by atoms with Crippen LogP contribution in [0.2, 0.25) is 0 Å². The molecule has 0 heterocycles. The maximum atomic E-state index is 3.54. The average Bonchev–Trinajstić information content (AvgIpc) is 2.55. The monoisotopic (exact) mass is 310 g/mol. The highest BCUT2D eigenvalue weighted by Gasteiger charge is 2.12. The second kappa shape index (κ2) is 8.16. The molecule has 23 heavy (non-hydrogen) atoms. The maximum absolute atomic E-state index is 3.54. The summed E-state index contributed by atoms with van der Waals surface area (Å²) < 4.78 is 0. The Morgan fingerprint density at radius 2 is 1.57 bits per heavy atom. The van der Waals surface area contributed by atoms with Crippen molar-refractivity contribution in [2.75, 3.05) is 25.0 Å². The van der Waals surface area contributed by atoms with Crippen LogP contribution in [-0.4, -0.2) is 20.1 Å². The minimum absolute atomic E-state index is 0.230. The number of hydrogen-bond acceptors (Lipinski definition) is 2. The zero-order valence-corrected chi connectivity index (χ0v) is 15.0. The highest BCUT2D eigenvalue weighted by atomic mass is 15.1. The van der Waals surface area contributed by atoms with Crippen LogP contribution in [0.15, 0.2) is 54.6 Å². The molecule has 0 aliphatic carbocycles. The quantitative estimate of drug-likeness (QED) is 0.752. The minimum atomic E-state index is 0.230. The van der Waals surface area contributed by atoms with Crippen LogP contribution >= 0.6 is 0 Å². The lowest BCUT2D eigenvalue weighted by Crippen LogP contribution is -2.23. The third-order valence-corrected chi connectivity index (χ3v) is 4.19. The first-order valence-electron chi connectivity index (χ1n) is 8.53. The van der Waals surface area contributed by atoms with Crippen molar-refractivity contribution >= 4 is 5.69 Å². The van der Waals surface area contributed by atoms with E-state index in [1.54, 1.807) is 0 Å². The van der Waals surface area contributed by atoms with Gasteiger partial charge < -0.3 is 10.2 Å². The number of para-hydroxylation sites is 1. The Morgan fingerprint density at radius 3 is 2.17 bits per heavy atom. The van der Waals surface area contributed by atoms with Crippen LogP contribution in [0, 0.1) is 0 Å². The number of rotatable bonds is 7. The predicted molar refractivity (Wildman–Crippen MR) is 101 cm³/mol. The SMILES string of the molecule is CN(CCCNCc1ccc(C(C)(C)C)cc1)c1ccccc1. The molecule has 0 bridgehead atoms. The molecule has 0 atom stereocenters. The van der Waals surface area contributed by atoms with E-state index in [9.17, 15) is 0 Å². The van der Waals surface area contributed by atoms with E-state index in [4.69, 9.17) is 0 Å². The van der Waals surface area contributed by atoms with E-state index in [-0.39, 0.29) is 5.41 Å². The van der Waals surface area contributed by atoms with Crippen molar-refractivity contribution in [1.82, 2.24) is 5.32 Å². The zero-order valence-electron chi connectivity index (χ0n) is 15.0. The lowest BCUT2D eigenvalue weighted by Gasteiger charge is -2.20. The highest BCUT2D eigenvalue weighted by Crippen LogP contribution is 2.22. The lowest BCUT2D eigenvalue weighted by molar-refractivity contribution is 0.589. The average molecular weight is 310 g/mol. The van der Waals surface area contributed by atoms with Gasteiger partial charge in [0, 0.05) is 25.8 Å². The predicted octanol–water partition coefficient (Wildman–Crippen LogP) is 4.60. The molecule has 2 rings (SSSR count). The molecule has 0 amide bonds. The van der Waals surface area contributed by atoms with Crippen LogP contribution in [0.5, 0.6) is 0 Å². The van der Waals surface area contributed by atoms with E-state index >= 15 is 0 Å². The van der Waals surface area contributed by atoms with Crippen molar-refractivity contribution in [1.29, 1.82) is 0 Å². The summed E-state index contributed by atoms with van der Waals surface area (Å²) in [6, 6.07) is 19.5. The molecule has 2 heteroatoms.